The van der Waals surface area contributed by atoms with E-state index in [-0.39, 0.29) is 36.3 Å². The molecule has 2 N–H and O–H groups in total. The summed E-state index contributed by atoms with van der Waals surface area (Å²) in [4.78, 5) is 38.7. The summed E-state index contributed by atoms with van der Waals surface area (Å²) < 4.78 is 5.36. The Balaban J connectivity index is 1.98. The van der Waals surface area contributed by atoms with Gasteiger partial charge in [0.15, 0.2) is 0 Å². The van der Waals surface area contributed by atoms with Gasteiger partial charge in [0.2, 0.25) is 17.7 Å². The van der Waals surface area contributed by atoms with Gasteiger partial charge in [-0.2, -0.15) is 0 Å². The van der Waals surface area contributed by atoms with E-state index in [2.05, 4.69) is 10.6 Å². The molecule has 7 nitrogen and oxygen atoms in total. The summed E-state index contributed by atoms with van der Waals surface area (Å²) in [6, 6.07) is 7.39. The second-order valence-corrected chi connectivity index (χ2v) is 7.93. The van der Waals surface area contributed by atoms with Gasteiger partial charge < -0.3 is 20.3 Å². The molecule has 2 fully saturated rings. The summed E-state index contributed by atoms with van der Waals surface area (Å²) in [5.41, 5.74) is 0.467. The monoisotopic (exact) mass is 387 g/mol. The second-order valence-electron chi connectivity index (χ2n) is 7.93. The van der Waals surface area contributed by atoms with Crippen molar-refractivity contribution < 1.29 is 19.1 Å². The normalized spacial score (nSPS) is 27.2. The third kappa shape index (κ3) is 4.13. The van der Waals surface area contributed by atoms with Crippen molar-refractivity contribution in [2.45, 2.75) is 63.6 Å². The topological polar surface area (TPSA) is 87.7 Å². The molecule has 2 heterocycles. The molecule has 3 atom stereocenters. The summed E-state index contributed by atoms with van der Waals surface area (Å²) in [6.45, 7) is 3.38. The minimum absolute atomic E-state index is 0.0350. The van der Waals surface area contributed by atoms with Crippen LogP contribution >= 0.6 is 0 Å². The Labute approximate surface area is 165 Å². The summed E-state index contributed by atoms with van der Waals surface area (Å²) >= 11 is 0. The summed E-state index contributed by atoms with van der Waals surface area (Å²) in [6.07, 6.45) is 3.68. The van der Waals surface area contributed by atoms with Crippen LogP contribution in [0.15, 0.2) is 24.3 Å². The van der Waals surface area contributed by atoms with Gasteiger partial charge in [0.25, 0.3) is 0 Å². The number of hydrogen-bond donors (Lipinski definition) is 2. The van der Waals surface area contributed by atoms with E-state index < -0.39 is 5.54 Å². The molecule has 3 amide bonds. The largest absolute Gasteiger partial charge is 0.497 e. The van der Waals surface area contributed by atoms with Gasteiger partial charge in [0.05, 0.1) is 31.3 Å². The van der Waals surface area contributed by atoms with Crippen molar-refractivity contribution >= 4 is 17.7 Å². The first-order valence-corrected chi connectivity index (χ1v) is 9.84. The predicted octanol–water partition coefficient (Wildman–Crippen LogP) is 1.92. The highest BCUT2D eigenvalue weighted by molar-refractivity contribution is 5.85. The van der Waals surface area contributed by atoms with Gasteiger partial charge in [0, 0.05) is 13.3 Å². The Morgan fingerprint density at radius 3 is 2.86 bits per heavy atom. The molecule has 0 radical (unpaired) electrons. The zero-order valence-electron chi connectivity index (χ0n) is 16.8. The third-order valence-electron chi connectivity index (χ3n) is 5.84. The highest BCUT2D eigenvalue weighted by Crippen LogP contribution is 2.45. The Kier molecular flexibility index (Phi) is 5.91. The van der Waals surface area contributed by atoms with Crippen molar-refractivity contribution in [3.63, 3.8) is 0 Å². The van der Waals surface area contributed by atoms with Crippen LogP contribution in [-0.4, -0.2) is 47.9 Å². The number of amides is 3. The van der Waals surface area contributed by atoms with Gasteiger partial charge in [-0.15, -0.1) is 0 Å². The first-order chi connectivity index (χ1) is 13.3. The fraction of sp³-hybridized carbons (Fsp3) is 0.571. The number of nitrogens with zero attached hydrogens (tertiary/aromatic N) is 1. The van der Waals surface area contributed by atoms with Gasteiger partial charge in [-0.25, -0.2) is 0 Å². The predicted molar refractivity (Wildman–Crippen MR) is 105 cm³/mol. The van der Waals surface area contributed by atoms with Gasteiger partial charge in [0.1, 0.15) is 5.75 Å². The maximum Gasteiger partial charge on any atom is 0.242 e. The quantitative estimate of drug-likeness (QED) is 0.826. The lowest BCUT2D eigenvalue weighted by Gasteiger charge is -2.38. The molecule has 0 saturated carbocycles. The van der Waals surface area contributed by atoms with Crippen molar-refractivity contribution in [2.75, 3.05) is 13.7 Å². The van der Waals surface area contributed by atoms with Crippen LogP contribution in [0, 0.1) is 0 Å². The average molecular weight is 387 g/mol. The molecule has 0 bridgehead atoms. The van der Waals surface area contributed by atoms with Crippen LogP contribution in [0.1, 0.15) is 57.6 Å². The molecule has 0 unspecified atom stereocenters. The molecule has 0 aliphatic carbocycles. The van der Waals surface area contributed by atoms with Crippen LogP contribution in [0.4, 0.5) is 0 Å². The molecule has 0 aromatic heterocycles. The molecule has 1 aromatic carbocycles. The first-order valence-electron chi connectivity index (χ1n) is 9.84. The minimum atomic E-state index is -0.503. The van der Waals surface area contributed by atoms with Crippen molar-refractivity contribution in [1.29, 1.82) is 0 Å². The number of carbonyl (C=O) groups is 3. The lowest BCUT2D eigenvalue weighted by molar-refractivity contribution is -0.136. The molecule has 28 heavy (non-hydrogen) atoms. The molecule has 3 rings (SSSR count). The van der Waals surface area contributed by atoms with Gasteiger partial charge in [-0.3, -0.25) is 14.4 Å². The van der Waals surface area contributed by atoms with Gasteiger partial charge >= 0.3 is 0 Å². The molecule has 152 valence electrons. The van der Waals surface area contributed by atoms with E-state index in [1.54, 1.807) is 7.11 Å². The molecule has 2 saturated heterocycles. The van der Waals surface area contributed by atoms with Crippen LogP contribution in [0.3, 0.4) is 0 Å². The summed E-state index contributed by atoms with van der Waals surface area (Å²) in [5, 5.41) is 5.80. The maximum absolute atomic E-state index is 13.1. The fourth-order valence-electron chi connectivity index (χ4n) is 4.52. The number of benzene rings is 1. The van der Waals surface area contributed by atoms with E-state index >= 15 is 0 Å². The molecular weight excluding hydrogens is 358 g/mol. The smallest absolute Gasteiger partial charge is 0.242 e. The third-order valence-corrected chi connectivity index (χ3v) is 5.84. The Bertz CT molecular complexity index is 766. The van der Waals surface area contributed by atoms with Gasteiger partial charge in [-0.1, -0.05) is 18.6 Å². The number of methoxy groups -OCH3 is 1. The van der Waals surface area contributed by atoms with Crippen LogP contribution in [0.2, 0.25) is 0 Å². The number of fused-ring (bicyclic) bond motifs is 1. The van der Waals surface area contributed by atoms with Crippen molar-refractivity contribution in [1.82, 2.24) is 15.5 Å². The number of carbonyl (C=O) groups excluding carboxylic acids is 3. The Morgan fingerprint density at radius 1 is 1.36 bits per heavy atom. The SMILES string of the molecule is COc1cccc([C@@H]2C[C@]3(C)NC(=O)CCCC[C@@H]3N2C(=O)CNC(C)=O)c1. The van der Waals surface area contributed by atoms with E-state index in [9.17, 15) is 14.4 Å². The van der Waals surface area contributed by atoms with E-state index in [1.807, 2.05) is 36.1 Å². The highest BCUT2D eigenvalue weighted by Gasteiger charge is 2.52. The fourth-order valence-corrected chi connectivity index (χ4v) is 4.52. The Hall–Kier alpha value is -2.57. The molecule has 0 spiro atoms. The van der Waals surface area contributed by atoms with E-state index in [0.29, 0.717) is 12.8 Å². The van der Waals surface area contributed by atoms with Crippen LogP contribution in [-0.2, 0) is 14.4 Å². The lowest BCUT2D eigenvalue weighted by Crippen LogP contribution is -2.57. The van der Waals surface area contributed by atoms with Crippen LogP contribution < -0.4 is 15.4 Å². The molecular formula is C21H29N3O4. The van der Waals surface area contributed by atoms with Crippen molar-refractivity contribution in [3.8, 4) is 5.75 Å². The number of likely N-dealkylation sites (tertiary alicyclic amines) is 1. The van der Waals surface area contributed by atoms with Crippen LogP contribution in [0.5, 0.6) is 5.75 Å². The van der Waals surface area contributed by atoms with Crippen LogP contribution in [0.25, 0.3) is 0 Å². The number of ether oxygens (including phenoxy) is 1. The number of nitrogens with one attached hydrogen (secondary N) is 2. The molecule has 7 heteroatoms. The minimum Gasteiger partial charge on any atom is -0.497 e. The highest BCUT2D eigenvalue weighted by atomic mass is 16.5. The molecule has 2 aliphatic rings. The average Bonchev–Trinajstić information content (AvgIpc) is 2.93. The first kappa shape index (κ1) is 20.2. The maximum atomic E-state index is 13.1. The number of hydrogen-bond acceptors (Lipinski definition) is 4. The standard InChI is InChI=1S/C21H29N3O4/c1-14(25)22-13-20(27)24-17(15-7-6-8-16(11-15)28-3)12-21(2)18(24)9-4-5-10-19(26)23-21/h6-8,11,17-18H,4-5,9-10,12-13H2,1-3H3,(H,22,25)(H,23,26)/t17-,18-,21-/m0/s1. The zero-order valence-corrected chi connectivity index (χ0v) is 16.8. The summed E-state index contributed by atoms with van der Waals surface area (Å²) in [5.74, 6) is 0.392. The number of rotatable bonds is 4. The van der Waals surface area contributed by atoms with Crippen molar-refractivity contribution in [2.24, 2.45) is 0 Å². The lowest BCUT2D eigenvalue weighted by atomic mass is 9.85. The molecule has 2 aliphatic heterocycles. The summed E-state index contributed by atoms with van der Waals surface area (Å²) in [7, 11) is 1.61. The van der Waals surface area contributed by atoms with Crippen molar-refractivity contribution in [3.05, 3.63) is 29.8 Å². The van der Waals surface area contributed by atoms with E-state index in [1.165, 1.54) is 6.92 Å². The zero-order chi connectivity index (χ0) is 20.3. The Morgan fingerprint density at radius 2 is 2.14 bits per heavy atom. The van der Waals surface area contributed by atoms with E-state index in [4.69, 9.17) is 4.74 Å². The molecule has 1 aromatic rings. The van der Waals surface area contributed by atoms with E-state index in [0.717, 1.165) is 30.6 Å². The second kappa shape index (κ2) is 8.20. The van der Waals surface area contributed by atoms with Gasteiger partial charge in [-0.05, 0) is 43.9 Å².